The maximum absolute atomic E-state index is 12.1. The number of hydrogen-bond acceptors (Lipinski definition) is 3. The molecule has 1 rings (SSSR count). The summed E-state index contributed by atoms with van der Waals surface area (Å²) < 4.78 is 0. The summed E-state index contributed by atoms with van der Waals surface area (Å²) in [7, 11) is 0. The minimum absolute atomic E-state index is 0.0121. The van der Waals surface area contributed by atoms with Crippen LogP contribution in [0.5, 0.6) is 0 Å². The number of urea groups is 1. The molecule has 0 saturated carbocycles. The van der Waals surface area contributed by atoms with Crippen molar-refractivity contribution in [2.24, 2.45) is 0 Å². The summed E-state index contributed by atoms with van der Waals surface area (Å²) in [5.74, 6) is -0.889. The van der Waals surface area contributed by atoms with Gasteiger partial charge in [-0.05, 0) is 19.8 Å². The Morgan fingerprint density at radius 3 is 2.60 bits per heavy atom. The minimum atomic E-state index is -0.877. The second-order valence-corrected chi connectivity index (χ2v) is 4.76. The van der Waals surface area contributed by atoms with E-state index in [1.165, 1.54) is 0 Å². The number of piperazine rings is 1. The van der Waals surface area contributed by atoms with Crippen LogP contribution in [0, 0.1) is 0 Å². The average molecular weight is 285 g/mol. The fraction of sp³-hybridized carbons (Fsp3) is 0.769. The number of carboxylic acids is 1. The monoisotopic (exact) mass is 285 g/mol. The van der Waals surface area contributed by atoms with E-state index in [1.807, 2.05) is 13.8 Å². The van der Waals surface area contributed by atoms with Crippen molar-refractivity contribution in [1.82, 2.24) is 15.1 Å². The molecule has 1 aliphatic heterocycles. The molecule has 7 nitrogen and oxygen atoms in total. The molecule has 114 valence electrons. The van der Waals surface area contributed by atoms with E-state index in [-0.39, 0.29) is 18.4 Å². The third-order valence-electron chi connectivity index (χ3n) is 3.46. The predicted octanol–water partition coefficient (Wildman–Crippen LogP) is 0.504. The first kappa shape index (κ1) is 16.3. The summed E-state index contributed by atoms with van der Waals surface area (Å²) in [6.07, 6.45) is 0.999. The van der Waals surface area contributed by atoms with Gasteiger partial charge in [0, 0.05) is 32.6 Å². The molecule has 0 aromatic carbocycles. The molecule has 1 atom stereocenters. The molecule has 1 aliphatic rings. The molecule has 1 heterocycles. The van der Waals surface area contributed by atoms with Crippen molar-refractivity contribution in [1.29, 1.82) is 0 Å². The normalized spacial score (nSPS) is 19.1. The number of hydrogen-bond donors (Lipinski definition) is 2. The van der Waals surface area contributed by atoms with Crippen LogP contribution in [0.15, 0.2) is 0 Å². The summed E-state index contributed by atoms with van der Waals surface area (Å²) in [6, 6.07) is -0.700. The second-order valence-electron chi connectivity index (χ2n) is 4.76. The van der Waals surface area contributed by atoms with E-state index in [0.29, 0.717) is 39.0 Å². The zero-order valence-corrected chi connectivity index (χ0v) is 12.1. The first-order valence-corrected chi connectivity index (χ1v) is 7.06. The van der Waals surface area contributed by atoms with Crippen molar-refractivity contribution in [3.8, 4) is 0 Å². The quantitative estimate of drug-likeness (QED) is 0.696. The maximum Gasteiger partial charge on any atom is 0.318 e. The van der Waals surface area contributed by atoms with Gasteiger partial charge < -0.3 is 20.2 Å². The van der Waals surface area contributed by atoms with Gasteiger partial charge in [-0.25, -0.2) is 4.79 Å². The third kappa shape index (κ3) is 4.11. The highest BCUT2D eigenvalue weighted by Crippen LogP contribution is 2.14. The van der Waals surface area contributed by atoms with Gasteiger partial charge in [0.1, 0.15) is 6.04 Å². The van der Waals surface area contributed by atoms with E-state index in [0.717, 1.165) is 0 Å². The van der Waals surface area contributed by atoms with Crippen LogP contribution in [0.2, 0.25) is 0 Å². The molecule has 0 aromatic rings. The van der Waals surface area contributed by atoms with Crippen LogP contribution < -0.4 is 5.32 Å². The zero-order chi connectivity index (χ0) is 15.1. The first-order chi connectivity index (χ1) is 9.51. The molecule has 0 bridgehead atoms. The maximum atomic E-state index is 12.1. The molecule has 0 aliphatic carbocycles. The van der Waals surface area contributed by atoms with Crippen LogP contribution in [0.1, 0.15) is 33.1 Å². The van der Waals surface area contributed by atoms with Crippen molar-refractivity contribution in [2.45, 2.75) is 39.2 Å². The molecule has 1 saturated heterocycles. The molecule has 0 aromatic heterocycles. The van der Waals surface area contributed by atoms with Crippen molar-refractivity contribution >= 4 is 17.9 Å². The predicted molar refractivity (Wildman–Crippen MR) is 73.3 cm³/mol. The number of nitrogens with one attached hydrogen (secondary N) is 1. The summed E-state index contributed by atoms with van der Waals surface area (Å²) >= 11 is 0. The van der Waals surface area contributed by atoms with E-state index in [9.17, 15) is 14.4 Å². The van der Waals surface area contributed by atoms with Crippen LogP contribution in [-0.2, 0) is 9.59 Å². The van der Waals surface area contributed by atoms with E-state index >= 15 is 0 Å². The van der Waals surface area contributed by atoms with Crippen LogP contribution in [0.25, 0.3) is 0 Å². The Kier molecular flexibility index (Phi) is 6.27. The lowest BCUT2D eigenvalue weighted by atomic mass is 10.1. The number of carbonyl (C=O) groups excluding carboxylic acids is 2. The van der Waals surface area contributed by atoms with Crippen molar-refractivity contribution in [3.05, 3.63) is 0 Å². The van der Waals surface area contributed by atoms with Crippen molar-refractivity contribution in [2.75, 3.05) is 26.2 Å². The molecule has 2 N–H and O–H groups in total. The van der Waals surface area contributed by atoms with Gasteiger partial charge in [0.25, 0.3) is 0 Å². The summed E-state index contributed by atoms with van der Waals surface area (Å²) in [6.45, 7) is 5.84. The van der Waals surface area contributed by atoms with Crippen molar-refractivity contribution < 1.29 is 19.5 Å². The van der Waals surface area contributed by atoms with Gasteiger partial charge in [-0.15, -0.1) is 0 Å². The molecular weight excluding hydrogens is 262 g/mol. The fourth-order valence-corrected chi connectivity index (χ4v) is 2.33. The number of amides is 3. The summed E-state index contributed by atoms with van der Waals surface area (Å²) in [5.41, 5.74) is 0. The van der Waals surface area contributed by atoms with E-state index in [4.69, 9.17) is 5.11 Å². The number of nitrogens with zero attached hydrogens (tertiary/aromatic N) is 2. The Hall–Kier alpha value is -1.79. The molecular formula is C13H23N3O4. The van der Waals surface area contributed by atoms with Gasteiger partial charge in [0.05, 0.1) is 0 Å². The van der Waals surface area contributed by atoms with Gasteiger partial charge >= 0.3 is 12.0 Å². The zero-order valence-electron chi connectivity index (χ0n) is 12.1. The van der Waals surface area contributed by atoms with Crippen LogP contribution in [0.4, 0.5) is 4.79 Å². The Balaban J connectivity index is 2.50. The third-order valence-corrected chi connectivity index (χ3v) is 3.46. The Labute approximate surface area is 118 Å². The molecule has 1 unspecified atom stereocenters. The van der Waals surface area contributed by atoms with E-state index in [1.54, 1.807) is 9.80 Å². The molecule has 0 radical (unpaired) electrons. The van der Waals surface area contributed by atoms with Gasteiger partial charge in [-0.3, -0.25) is 9.59 Å². The standard InChI is InChI=1S/C13H23N3O4/c1-3-10-12(19)15(4-2)8-9-16(10)13(20)14-7-5-6-11(17)18/h10H,3-9H2,1-2H3,(H,14,20)(H,17,18). The average Bonchev–Trinajstić information content (AvgIpc) is 2.42. The minimum Gasteiger partial charge on any atom is -0.481 e. The van der Waals surface area contributed by atoms with Crippen molar-refractivity contribution in [3.63, 3.8) is 0 Å². The largest absolute Gasteiger partial charge is 0.481 e. The number of carbonyl (C=O) groups is 3. The summed E-state index contributed by atoms with van der Waals surface area (Å²) in [5, 5.41) is 11.2. The van der Waals surface area contributed by atoms with Crippen LogP contribution in [0.3, 0.4) is 0 Å². The number of aliphatic carboxylic acids is 1. The highest BCUT2D eigenvalue weighted by Gasteiger charge is 2.35. The number of carboxylic acid groups (broad SMARTS) is 1. The van der Waals surface area contributed by atoms with E-state index in [2.05, 4.69) is 5.32 Å². The lowest BCUT2D eigenvalue weighted by Crippen LogP contribution is -2.60. The molecule has 3 amide bonds. The van der Waals surface area contributed by atoms with Gasteiger partial charge in [0.15, 0.2) is 0 Å². The van der Waals surface area contributed by atoms with Crippen LogP contribution >= 0.6 is 0 Å². The topological polar surface area (TPSA) is 90.0 Å². The highest BCUT2D eigenvalue weighted by atomic mass is 16.4. The lowest BCUT2D eigenvalue weighted by Gasteiger charge is -2.39. The molecule has 20 heavy (non-hydrogen) atoms. The lowest BCUT2D eigenvalue weighted by molar-refractivity contribution is -0.139. The Morgan fingerprint density at radius 2 is 2.05 bits per heavy atom. The SMILES string of the molecule is CCC1C(=O)N(CC)CCN1C(=O)NCCCC(=O)O. The van der Waals surface area contributed by atoms with E-state index < -0.39 is 12.0 Å². The Morgan fingerprint density at radius 1 is 1.35 bits per heavy atom. The fourth-order valence-electron chi connectivity index (χ4n) is 2.33. The smallest absolute Gasteiger partial charge is 0.318 e. The molecule has 1 fully saturated rings. The van der Waals surface area contributed by atoms with Gasteiger partial charge in [-0.2, -0.15) is 0 Å². The van der Waals surface area contributed by atoms with Crippen LogP contribution in [-0.4, -0.2) is 65.0 Å². The molecule has 0 spiro atoms. The number of rotatable bonds is 6. The highest BCUT2D eigenvalue weighted by molar-refractivity contribution is 5.88. The first-order valence-electron chi connectivity index (χ1n) is 7.06. The molecule has 7 heteroatoms. The van der Waals surface area contributed by atoms with Gasteiger partial charge in [-0.1, -0.05) is 6.92 Å². The van der Waals surface area contributed by atoms with Gasteiger partial charge in [0.2, 0.25) is 5.91 Å². The number of likely N-dealkylation sites (N-methyl/N-ethyl adjacent to an activating group) is 1. The second kappa shape index (κ2) is 7.72. The Bertz CT molecular complexity index is 373. The summed E-state index contributed by atoms with van der Waals surface area (Å²) in [4.78, 5) is 37.9.